The van der Waals surface area contributed by atoms with Crippen LogP contribution in [0.15, 0.2) is 18.2 Å². The first-order valence-electron chi connectivity index (χ1n) is 6.63. The zero-order chi connectivity index (χ0) is 14.7. The predicted molar refractivity (Wildman–Crippen MR) is 75.8 cm³/mol. The summed E-state index contributed by atoms with van der Waals surface area (Å²) in [6.07, 6.45) is 0.683. The van der Waals surface area contributed by atoms with E-state index in [4.69, 9.17) is 4.74 Å². The number of aryl methyl sites for hydroxylation is 2. The molecule has 0 saturated heterocycles. The van der Waals surface area contributed by atoms with Gasteiger partial charge in [-0.05, 0) is 31.4 Å². The van der Waals surface area contributed by atoms with Gasteiger partial charge in [-0.1, -0.05) is 35.9 Å². The minimum absolute atomic E-state index is 0.306. The molecule has 0 aliphatic rings. The lowest BCUT2D eigenvalue weighted by molar-refractivity contribution is 0.0592. The summed E-state index contributed by atoms with van der Waals surface area (Å²) in [5.41, 5.74) is 4.70. The number of carbonyl (C=O) groups is 1. The van der Waals surface area contributed by atoms with E-state index in [2.05, 4.69) is 42.4 Å². The molecule has 0 radical (unpaired) electrons. The van der Waals surface area contributed by atoms with Gasteiger partial charge in [0.05, 0.1) is 19.3 Å². The van der Waals surface area contributed by atoms with Crippen LogP contribution in [0.2, 0.25) is 0 Å². The molecule has 5 nitrogen and oxygen atoms in total. The predicted octanol–water partition coefficient (Wildman–Crippen LogP) is 2.29. The smallest absolute Gasteiger partial charge is 0.360 e. The zero-order valence-corrected chi connectivity index (χ0v) is 12.3. The van der Waals surface area contributed by atoms with Gasteiger partial charge in [-0.3, -0.25) is 0 Å². The number of carbonyl (C=O) groups excluding carboxylic acids is 1. The van der Waals surface area contributed by atoms with Crippen LogP contribution in [0.5, 0.6) is 0 Å². The lowest BCUT2D eigenvalue weighted by atomic mass is 10.1. The normalized spacial score (nSPS) is 10.6. The molecule has 20 heavy (non-hydrogen) atoms. The van der Waals surface area contributed by atoms with Gasteiger partial charge >= 0.3 is 5.97 Å². The molecule has 0 spiro atoms. The molecule has 2 aromatic rings. The quantitative estimate of drug-likeness (QED) is 0.802. The van der Waals surface area contributed by atoms with Crippen molar-refractivity contribution in [3.05, 3.63) is 46.3 Å². The third-order valence-electron chi connectivity index (χ3n) is 3.38. The van der Waals surface area contributed by atoms with Crippen LogP contribution in [-0.4, -0.2) is 28.1 Å². The first-order chi connectivity index (χ1) is 9.56. The van der Waals surface area contributed by atoms with Gasteiger partial charge in [0.1, 0.15) is 0 Å². The topological polar surface area (TPSA) is 57.0 Å². The van der Waals surface area contributed by atoms with Crippen molar-refractivity contribution in [2.45, 2.75) is 33.7 Å². The largest absolute Gasteiger partial charge is 0.464 e. The number of hydrogen-bond donors (Lipinski definition) is 0. The fourth-order valence-electron chi connectivity index (χ4n) is 2.20. The molecule has 1 aromatic heterocycles. The number of rotatable bonds is 4. The van der Waals surface area contributed by atoms with Crippen LogP contribution in [-0.2, 0) is 17.7 Å². The molecule has 2 rings (SSSR count). The summed E-state index contributed by atoms with van der Waals surface area (Å²) in [4.78, 5) is 11.6. The molecule has 1 aromatic carbocycles. The van der Waals surface area contributed by atoms with Gasteiger partial charge in [-0.2, -0.15) is 0 Å². The highest BCUT2D eigenvalue weighted by molar-refractivity contribution is 5.88. The Kier molecular flexibility index (Phi) is 4.17. The SMILES string of the molecule is CCc1c(C(=O)OC)nnn1Cc1cc(C)ccc1C. The lowest BCUT2D eigenvalue weighted by Crippen LogP contribution is -2.10. The third-order valence-corrected chi connectivity index (χ3v) is 3.38. The Morgan fingerprint density at radius 2 is 2.10 bits per heavy atom. The Hall–Kier alpha value is -2.17. The number of nitrogens with zero attached hydrogens (tertiary/aromatic N) is 3. The Morgan fingerprint density at radius 1 is 1.35 bits per heavy atom. The maximum atomic E-state index is 11.6. The summed E-state index contributed by atoms with van der Waals surface area (Å²) >= 11 is 0. The number of esters is 1. The summed E-state index contributed by atoms with van der Waals surface area (Å²) in [7, 11) is 1.35. The standard InChI is InChI=1S/C15H19N3O2/c1-5-13-14(15(19)20-4)16-17-18(13)9-12-8-10(2)6-7-11(12)3/h6-8H,5,9H2,1-4H3. The average molecular weight is 273 g/mol. The Labute approximate surface area is 118 Å². The molecule has 0 bridgehead atoms. The molecule has 0 unspecified atom stereocenters. The molecule has 0 aliphatic carbocycles. The number of methoxy groups -OCH3 is 1. The van der Waals surface area contributed by atoms with Crippen LogP contribution in [0.4, 0.5) is 0 Å². The molecule has 106 valence electrons. The Balaban J connectivity index is 2.36. The molecular weight excluding hydrogens is 254 g/mol. The second kappa shape index (κ2) is 5.86. The first kappa shape index (κ1) is 14.2. The average Bonchev–Trinajstić information content (AvgIpc) is 2.84. The van der Waals surface area contributed by atoms with Crippen molar-refractivity contribution in [1.29, 1.82) is 0 Å². The van der Waals surface area contributed by atoms with E-state index in [-0.39, 0.29) is 0 Å². The fraction of sp³-hybridized carbons (Fsp3) is 0.400. The molecule has 5 heteroatoms. The summed E-state index contributed by atoms with van der Waals surface area (Å²) in [5, 5.41) is 8.03. The van der Waals surface area contributed by atoms with E-state index in [1.54, 1.807) is 4.68 Å². The third kappa shape index (κ3) is 2.71. The van der Waals surface area contributed by atoms with Gasteiger partial charge in [0.2, 0.25) is 0 Å². The van der Waals surface area contributed by atoms with Crippen molar-refractivity contribution in [3.8, 4) is 0 Å². The summed E-state index contributed by atoms with van der Waals surface area (Å²) in [6, 6.07) is 6.31. The lowest BCUT2D eigenvalue weighted by Gasteiger charge is -2.09. The van der Waals surface area contributed by atoms with Crippen LogP contribution in [0.1, 0.15) is 39.8 Å². The van der Waals surface area contributed by atoms with Gasteiger partial charge in [-0.25, -0.2) is 9.48 Å². The summed E-state index contributed by atoms with van der Waals surface area (Å²) < 4.78 is 6.50. The number of aromatic nitrogens is 3. The molecule has 0 atom stereocenters. The van der Waals surface area contributed by atoms with Gasteiger partial charge < -0.3 is 4.74 Å². The van der Waals surface area contributed by atoms with E-state index in [1.807, 2.05) is 6.92 Å². The second-order valence-corrected chi connectivity index (χ2v) is 4.82. The van der Waals surface area contributed by atoms with Crippen molar-refractivity contribution >= 4 is 5.97 Å². The van der Waals surface area contributed by atoms with E-state index in [0.29, 0.717) is 18.7 Å². The maximum absolute atomic E-state index is 11.6. The summed E-state index contributed by atoms with van der Waals surface area (Å²) in [6.45, 7) is 6.72. The Bertz CT molecular complexity index is 632. The monoisotopic (exact) mass is 273 g/mol. The molecular formula is C15H19N3O2. The molecule has 0 amide bonds. The van der Waals surface area contributed by atoms with Gasteiger partial charge in [0, 0.05) is 0 Å². The van der Waals surface area contributed by atoms with E-state index < -0.39 is 5.97 Å². The second-order valence-electron chi connectivity index (χ2n) is 4.82. The van der Waals surface area contributed by atoms with E-state index in [0.717, 1.165) is 5.69 Å². The minimum atomic E-state index is -0.436. The zero-order valence-electron chi connectivity index (χ0n) is 12.3. The van der Waals surface area contributed by atoms with Crippen molar-refractivity contribution in [1.82, 2.24) is 15.0 Å². The van der Waals surface area contributed by atoms with Crippen LogP contribution in [0, 0.1) is 13.8 Å². The van der Waals surface area contributed by atoms with E-state index >= 15 is 0 Å². The van der Waals surface area contributed by atoms with Crippen LogP contribution >= 0.6 is 0 Å². The van der Waals surface area contributed by atoms with Crippen molar-refractivity contribution in [2.75, 3.05) is 7.11 Å². The molecule has 0 aliphatic heterocycles. The fourth-order valence-corrected chi connectivity index (χ4v) is 2.20. The highest BCUT2D eigenvalue weighted by atomic mass is 16.5. The Morgan fingerprint density at radius 3 is 2.75 bits per heavy atom. The van der Waals surface area contributed by atoms with E-state index in [9.17, 15) is 4.79 Å². The maximum Gasteiger partial charge on any atom is 0.360 e. The number of benzene rings is 1. The van der Waals surface area contributed by atoms with E-state index in [1.165, 1.54) is 23.8 Å². The number of hydrogen-bond acceptors (Lipinski definition) is 4. The number of ether oxygens (including phenoxy) is 1. The molecule has 0 saturated carbocycles. The van der Waals surface area contributed by atoms with Gasteiger partial charge in [-0.15, -0.1) is 5.10 Å². The van der Waals surface area contributed by atoms with Crippen LogP contribution in [0.3, 0.4) is 0 Å². The molecule has 1 heterocycles. The van der Waals surface area contributed by atoms with Crippen LogP contribution in [0.25, 0.3) is 0 Å². The van der Waals surface area contributed by atoms with Crippen molar-refractivity contribution < 1.29 is 9.53 Å². The van der Waals surface area contributed by atoms with Gasteiger partial charge in [0.25, 0.3) is 0 Å². The molecule has 0 fully saturated rings. The van der Waals surface area contributed by atoms with Crippen molar-refractivity contribution in [2.24, 2.45) is 0 Å². The van der Waals surface area contributed by atoms with Crippen molar-refractivity contribution in [3.63, 3.8) is 0 Å². The van der Waals surface area contributed by atoms with Crippen LogP contribution < -0.4 is 0 Å². The first-order valence-corrected chi connectivity index (χ1v) is 6.63. The highest BCUT2D eigenvalue weighted by Gasteiger charge is 2.19. The summed E-state index contributed by atoms with van der Waals surface area (Å²) in [5.74, 6) is -0.436. The minimum Gasteiger partial charge on any atom is -0.464 e. The molecule has 0 N–H and O–H groups in total. The van der Waals surface area contributed by atoms with Gasteiger partial charge in [0.15, 0.2) is 5.69 Å². The highest BCUT2D eigenvalue weighted by Crippen LogP contribution is 2.15.